The van der Waals surface area contributed by atoms with Gasteiger partial charge in [0.15, 0.2) is 0 Å². The van der Waals surface area contributed by atoms with Crippen LogP contribution in [0.2, 0.25) is 0 Å². The maximum Gasteiger partial charge on any atom is 0.257 e. The van der Waals surface area contributed by atoms with Gasteiger partial charge in [0.25, 0.3) is 5.91 Å². The molecule has 100 valence electrons. The Balaban J connectivity index is 2.86. The molecule has 0 bridgehead atoms. The Labute approximate surface area is 109 Å². The summed E-state index contributed by atoms with van der Waals surface area (Å²) in [5, 5.41) is 0. The molecule has 2 N–H and O–H groups in total. The van der Waals surface area contributed by atoms with Gasteiger partial charge in [0, 0.05) is 13.1 Å². The van der Waals surface area contributed by atoms with E-state index in [0.29, 0.717) is 37.6 Å². The molecule has 1 amide bonds. The second-order valence-corrected chi connectivity index (χ2v) is 3.96. The van der Waals surface area contributed by atoms with Crippen LogP contribution >= 0.6 is 0 Å². The zero-order valence-electron chi connectivity index (χ0n) is 11.2. The van der Waals surface area contributed by atoms with Crippen LogP contribution < -0.4 is 10.5 Å². The molecular weight excluding hydrogens is 228 g/mol. The standard InChI is InChI=1S/C14H22N2O2/c1-3-16(11-7-10-15)14(17)12-8-5-6-9-13(12)18-4-2/h5-6,8-9H,3-4,7,10-11,15H2,1-2H3. The molecular formula is C14H22N2O2. The molecule has 0 spiro atoms. The van der Waals surface area contributed by atoms with Crippen LogP contribution in [0.4, 0.5) is 0 Å². The zero-order chi connectivity index (χ0) is 13.4. The predicted octanol–water partition coefficient (Wildman–Crippen LogP) is 1.90. The predicted molar refractivity (Wildman–Crippen MR) is 72.9 cm³/mol. The molecule has 0 unspecified atom stereocenters. The highest BCUT2D eigenvalue weighted by Gasteiger charge is 2.17. The van der Waals surface area contributed by atoms with Gasteiger partial charge in [-0.3, -0.25) is 4.79 Å². The van der Waals surface area contributed by atoms with Crippen molar-refractivity contribution in [3.8, 4) is 5.75 Å². The number of carbonyl (C=O) groups is 1. The quantitative estimate of drug-likeness (QED) is 0.804. The minimum atomic E-state index is 0.00926. The van der Waals surface area contributed by atoms with Crippen LogP contribution in [-0.4, -0.2) is 37.0 Å². The molecule has 0 fully saturated rings. The number of nitrogens with zero attached hydrogens (tertiary/aromatic N) is 1. The molecule has 4 heteroatoms. The number of rotatable bonds is 7. The average molecular weight is 250 g/mol. The van der Waals surface area contributed by atoms with Crippen LogP contribution in [0.25, 0.3) is 0 Å². The number of hydrogen-bond donors (Lipinski definition) is 1. The highest BCUT2D eigenvalue weighted by molar-refractivity contribution is 5.96. The fraction of sp³-hybridized carbons (Fsp3) is 0.500. The number of carbonyl (C=O) groups excluding carboxylic acids is 1. The first-order chi connectivity index (χ1) is 8.74. The Bertz CT molecular complexity index is 380. The van der Waals surface area contributed by atoms with Gasteiger partial charge in [0.05, 0.1) is 12.2 Å². The van der Waals surface area contributed by atoms with Gasteiger partial charge in [0.1, 0.15) is 5.75 Å². The molecule has 0 aliphatic heterocycles. The van der Waals surface area contributed by atoms with E-state index >= 15 is 0 Å². The molecule has 0 saturated carbocycles. The third-order valence-corrected chi connectivity index (χ3v) is 2.72. The average Bonchev–Trinajstić information content (AvgIpc) is 2.40. The highest BCUT2D eigenvalue weighted by Crippen LogP contribution is 2.19. The van der Waals surface area contributed by atoms with Crippen LogP contribution in [0.5, 0.6) is 5.75 Å². The number of nitrogens with two attached hydrogens (primary N) is 1. The summed E-state index contributed by atoms with van der Waals surface area (Å²) >= 11 is 0. The Hall–Kier alpha value is -1.55. The minimum Gasteiger partial charge on any atom is -0.493 e. The van der Waals surface area contributed by atoms with Crippen molar-refractivity contribution in [1.82, 2.24) is 4.90 Å². The van der Waals surface area contributed by atoms with Crippen molar-refractivity contribution < 1.29 is 9.53 Å². The van der Waals surface area contributed by atoms with E-state index in [2.05, 4.69) is 0 Å². The molecule has 4 nitrogen and oxygen atoms in total. The lowest BCUT2D eigenvalue weighted by molar-refractivity contribution is 0.0759. The number of benzene rings is 1. The van der Waals surface area contributed by atoms with E-state index in [1.54, 1.807) is 11.0 Å². The summed E-state index contributed by atoms with van der Waals surface area (Å²) in [5.41, 5.74) is 6.11. The van der Waals surface area contributed by atoms with Gasteiger partial charge in [0.2, 0.25) is 0 Å². The molecule has 1 aromatic rings. The maximum atomic E-state index is 12.4. The summed E-state index contributed by atoms with van der Waals surface area (Å²) in [7, 11) is 0. The van der Waals surface area contributed by atoms with Crippen molar-refractivity contribution in [1.29, 1.82) is 0 Å². The van der Waals surface area contributed by atoms with Crippen molar-refractivity contribution in [3.63, 3.8) is 0 Å². The molecule has 0 aliphatic carbocycles. The van der Waals surface area contributed by atoms with Gasteiger partial charge in [-0.25, -0.2) is 0 Å². The Kier molecular flexibility index (Phi) is 6.22. The first-order valence-corrected chi connectivity index (χ1v) is 6.45. The summed E-state index contributed by atoms with van der Waals surface area (Å²) in [6, 6.07) is 7.36. The van der Waals surface area contributed by atoms with E-state index in [-0.39, 0.29) is 5.91 Å². The Morgan fingerprint density at radius 2 is 2.06 bits per heavy atom. The highest BCUT2D eigenvalue weighted by atomic mass is 16.5. The number of hydrogen-bond acceptors (Lipinski definition) is 3. The molecule has 0 heterocycles. The van der Waals surface area contributed by atoms with Crippen molar-refractivity contribution >= 4 is 5.91 Å². The second-order valence-electron chi connectivity index (χ2n) is 3.96. The van der Waals surface area contributed by atoms with E-state index in [1.165, 1.54) is 0 Å². The molecule has 0 radical (unpaired) electrons. The first-order valence-electron chi connectivity index (χ1n) is 6.45. The van der Waals surface area contributed by atoms with Crippen molar-refractivity contribution in [2.24, 2.45) is 5.73 Å². The van der Waals surface area contributed by atoms with Gasteiger partial charge in [-0.05, 0) is 38.9 Å². The van der Waals surface area contributed by atoms with E-state index in [0.717, 1.165) is 6.42 Å². The summed E-state index contributed by atoms with van der Waals surface area (Å²) in [6.07, 6.45) is 0.816. The smallest absolute Gasteiger partial charge is 0.257 e. The Morgan fingerprint density at radius 3 is 2.67 bits per heavy atom. The molecule has 0 aromatic heterocycles. The fourth-order valence-corrected chi connectivity index (χ4v) is 1.78. The number of ether oxygens (including phenoxy) is 1. The van der Waals surface area contributed by atoms with Crippen LogP contribution in [0.3, 0.4) is 0 Å². The Morgan fingerprint density at radius 1 is 1.33 bits per heavy atom. The van der Waals surface area contributed by atoms with E-state index in [9.17, 15) is 4.79 Å². The molecule has 1 rings (SSSR count). The lowest BCUT2D eigenvalue weighted by atomic mass is 10.1. The van der Waals surface area contributed by atoms with E-state index < -0.39 is 0 Å². The lowest BCUT2D eigenvalue weighted by Gasteiger charge is -2.21. The zero-order valence-corrected chi connectivity index (χ0v) is 11.2. The van der Waals surface area contributed by atoms with Gasteiger partial charge < -0.3 is 15.4 Å². The van der Waals surface area contributed by atoms with Crippen LogP contribution in [0.1, 0.15) is 30.6 Å². The van der Waals surface area contributed by atoms with Crippen molar-refractivity contribution in [2.75, 3.05) is 26.2 Å². The fourth-order valence-electron chi connectivity index (χ4n) is 1.78. The summed E-state index contributed by atoms with van der Waals surface area (Å²) < 4.78 is 5.49. The minimum absolute atomic E-state index is 0.00926. The van der Waals surface area contributed by atoms with E-state index in [1.807, 2.05) is 32.0 Å². The van der Waals surface area contributed by atoms with Crippen molar-refractivity contribution in [3.05, 3.63) is 29.8 Å². The summed E-state index contributed by atoms with van der Waals surface area (Å²) in [5.74, 6) is 0.659. The van der Waals surface area contributed by atoms with Crippen LogP contribution in [0.15, 0.2) is 24.3 Å². The van der Waals surface area contributed by atoms with Gasteiger partial charge in [-0.1, -0.05) is 12.1 Å². The lowest BCUT2D eigenvalue weighted by Crippen LogP contribution is -2.33. The largest absolute Gasteiger partial charge is 0.493 e. The molecule has 18 heavy (non-hydrogen) atoms. The molecule has 0 saturated heterocycles. The topological polar surface area (TPSA) is 55.6 Å². The van der Waals surface area contributed by atoms with Crippen LogP contribution in [0, 0.1) is 0 Å². The normalized spacial score (nSPS) is 10.2. The molecule has 0 aliphatic rings. The second kappa shape index (κ2) is 7.71. The number of para-hydroxylation sites is 1. The third-order valence-electron chi connectivity index (χ3n) is 2.72. The van der Waals surface area contributed by atoms with Gasteiger partial charge in [-0.2, -0.15) is 0 Å². The third kappa shape index (κ3) is 3.74. The first kappa shape index (κ1) is 14.5. The molecule has 1 aromatic carbocycles. The van der Waals surface area contributed by atoms with Crippen molar-refractivity contribution in [2.45, 2.75) is 20.3 Å². The molecule has 0 atom stereocenters. The monoisotopic (exact) mass is 250 g/mol. The SMILES string of the molecule is CCOc1ccccc1C(=O)N(CC)CCCN. The maximum absolute atomic E-state index is 12.4. The van der Waals surface area contributed by atoms with Crippen LogP contribution in [-0.2, 0) is 0 Å². The van der Waals surface area contributed by atoms with E-state index in [4.69, 9.17) is 10.5 Å². The van der Waals surface area contributed by atoms with Gasteiger partial charge >= 0.3 is 0 Å². The summed E-state index contributed by atoms with van der Waals surface area (Å²) in [6.45, 7) is 6.40. The van der Waals surface area contributed by atoms with Gasteiger partial charge in [-0.15, -0.1) is 0 Å². The summed E-state index contributed by atoms with van der Waals surface area (Å²) in [4.78, 5) is 14.2. The number of amides is 1.